The van der Waals surface area contributed by atoms with Gasteiger partial charge in [0.05, 0.1) is 52.2 Å². The Labute approximate surface area is 456 Å². The highest BCUT2D eigenvalue weighted by Crippen LogP contribution is 2.44. The highest BCUT2D eigenvalue weighted by atomic mass is 16.3. The van der Waals surface area contributed by atoms with Crippen LogP contribution in [0.2, 0.25) is 0 Å². The molecule has 4 aromatic rings. The number of nitrogens with one attached hydrogen (secondary N) is 4. The molecule has 0 spiro atoms. The maximum atomic E-state index is 13.9. The Hall–Kier alpha value is -8.68. The molecule has 4 amide bonds. The molecule has 5 aliphatic heterocycles. The van der Waals surface area contributed by atoms with E-state index in [0.29, 0.717) is 119 Å². The van der Waals surface area contributed by atoms with Crippen molar-refractivity contribution in [2.75, 3.05) is 27.9 Å². The summed E-state index contributed by atoms with van der Waals surface area (Å²) in [6, 6.07) is 30.1. The number of benzene rings is 4. The van der Waals surface area contributed by atoms with E-state index in [2.05, 4.69) is 21.3 Å². The lowest BCUT2D eigenvalue weighted by atomic mass is 9.92. The molecule has 13 heteroatoms. The number of fused-ring (bicyclic) bond motifs is 4. The zero-order valence-corrected chi connectivity index (χ0v) is 46.4. The molecule has 0 saturated carbocycles. The molecule has 5 N–H and O–H groups in total. The summed E-state index contributed by atoms with van der Waals surface area (Å²) in [6.45, 7) is 21.8. The molecule has 78 heavy (non-hydrogen) atoms. The Balaban J connectivity index is 1.42. The van der Waals surface area contributed by atoms with Crippen LogP contribution in [0.3, 0.4) is 0 Å². The Morgan fingerprint density at radius 3 is 0.936 bits per heavy atom. The van der Waals surface area contributed by atoms with Crippen molar-refractivity contribution in [1.29, 1.82) is 0 Å². The highest BCUT2D eigenvalue weighted by Gasteiger charge is 2.34. The summed E-state index contributed by atoms with van der Waals surface area (Å²) in [4.78, 5) is 77.2. The van der Waals surface area contributed by atoms with Crippen LogP contribution in [0.15, 0.2) is 188 Å². The van der Waals surface area contributed by atoms with Crippen molar-refractivity contribution < 1.29 is 24.3 Å². The van der Waals surface area contributed by atoms with Gasteiger partial charge in [-0.25, -0.2) is 20.0 Å². The molecular weight excluding hydrogens is 973 g/mol. The lowest BCUT2D eigenvalue weighted by molar-refractivity contribution is -0.123. The fourth-order valence-electron chi connectivity index (χ4n) is 8.93. The average Bonchev–Trinajstić information content (AvgIpc) is 4.38. The number of amides is 4. The van der Waals surface area contributed by atoms with E-state index in [1.165, 1.54) is 0 Å². The van der Waals surface area contributed by atoms with Gasteiger partial charge in [-0.3, -0.25) is 19.2 Å². The summed E-state index contributed by atoms with van der Waals surface area (Å²) in [6.07, 6.45) is 13.3. The van der Waals surface area contributed by atoms with Crippen molar-refractivity contribution in [3.63, 3.8) is 0 Å². The molecule has 5 heterocycles. The van der Waals surface area contributed by atoms with Gasteiger partial charge >= 0.3 is 0 Å². The molecule has 396 valence electrons. The van der Waals surface area contributed by atoms with E-state index < -0.39 is 28.3 Å². The largest absolute Gasteiger partial charge is 0.392 e. The van der Waals surface area contributed by atoms with Crippen LogP contribution >= 0.6 is 0 Å². The molecule has 0 fully saturated rings. The smallest absolute Gasteiger partial charge is 0.229 e. The number of para-hydroxylation sites is 4. The molecule has 8 bridgehead atoms. The van der Waals surface area contributed by atoms with Gasteiger partial charge in [-0.1, -0.05) is 156 Å². The van der Waals surface area contributed by atoms with Gasteiger partial charge in [0.25, 0.3) is 0 Å². The number of hydrogen-bond acceptors (Lipinski definition) is 9. The standard InChI is InChI=1S/C65H66N8O5/c1-62(2,3)58(75)70-42-25-17-13-21-38(42)53-46-29-30-47(66-46)54(39-22-14-18-26-43(39)71-59(76)63(4,5)6)49-33-34-51(68-49)56(41-24-16-20-28-45(41)73-61(78)65(10,11)12)57-37(36-74)35-52(69-57)55(50-32-31-48(53)67-50)40-23-15-19-27-44(40)72-60(77)64(7,8)9/h13-35,74H,36H2,1-12H3,(H,70,75)(H,71,76)(H,72,77)(H,73,78). The summed E-state index contributed by atoms with van der Waals surface area (Å²) >= 11 is 0. The molecule has 4 aromatic carbocycles. The molecular formula is C65H66N8O5. The van der Waals surface area contributed by atoms with Crippen LogP contribution in [-0.4, -0.2) is 58.2 Å². The van der Waals surface area contributed by atoms with Gasteiger partial charge in [0.1, 0.15) is 0 Å². The normalized spacial score (nSPS) is 16.3. The van der Waals surface area contributed by atoms with Gasteiger partial charge in [0.15, 0.2) is 0 Å². The third-order valence-electron chi connectivity index (χ3n) is 13.5. The topological polar surface area (TPSA) is 186 Å². The van der Waals surface area contributed by atoms with Gasteiger partial charge in [-0.05, 0) is 66.8 Å². The second-order valence-corrected chi connectivity index (χ2v) is 23.8. The van der Waals surface area contributed by atoms with E-state index in [-0.39, 0.29) is 23.6 Å². The van der Waals surface area contributed by atoms with Gasteiger partial charge in [-0.15, -0.1) is 0 Å². The first-order chi connectivity index (χ1) is 36.8. The van der Waals surface area contributed by atoms with Crippen LogP contribution in [-0.2, 0) is 19.2 Å². The zero-order chi connectivity index (χ0) is 56.1. The van der Waals surface area contributed by atoms with Crippen LogP contribution in [0.1, 0.15) is 105 Å². The van der Waals surface area contributed by atoms with Crippen LogP contribution < -0.4 is 21.3 Å². The summed E-state index contributed by atoms with van der Waals surface area (Å²) < 4.78 is 0. The molecule has 0 aliphatic carbocycles. The minimum absolute atomic E-state index is 0.184. The Kier molecular flexibility index (Phi) is 14.4. The lowest BCUT2D eigenvalue weighted by Gasteiger charge is -2.21. The van der Waals surface area contributed by atoms with Gasteiger partial charge < -0.3 is 26.4 Å². The number of hydrogen-bond donors (Lipinski definition) is 5. The molecule has 0 aromatic heterocycles. The van der Waals surface area contributed by atoms with E-state index in [4.69, 9.17) is 20.0 Å². The molecule has 13 nitrogen and oxygen atoms in total. The number of nitrogens with zero attached hydrogens (tertiary/aromatic N) is 4. The number of aliphatic hydroxyl groups is 1. The predicted octanol–water partition coefficient (Wildman–Crippen LogP) is 13.0. The Morgan fingerprint density at radius 2 is 0.641 bits per heavy atom. The van der Waals surface area contributed by atoms with Crippen molar-refractivity contribution in [1.82, 2.24) is 0 Å². The van der Waals surface area contributed by atoms with E-state index in [0.717, 1.165) is 0 Å². The quantitative estimate of drug-likeness (QED) is 0.111. The highest BCUT2D eigenvalue weighted by molar-refractivity contribution is 6.41. The fourth-order valence-corrected chi connectivity index (χ4v) is 8.93. The molecule has 0 saturated heterocycles. The first kappa shape index (κ1) is 54.1. The number of aliphatic imine (C=N–C) groups is 4. The molecule has 0 atom stereocenters. The third kappa shape index (κ3) is 11.0. The number of allylic oxidation sites excluding steroid dienone is 11. The number of aliphatic hydroxyl groups excluding tert-OH is 1. The lowest BCUT2D eigenvalue weighted by Crippen LogP contribution is -2.28. The van der Waals surface area contributed by atoms with Crippen LogP contribution in [0.5, 0.6) is 0 Å². The number of anilines is 4. The van der Waals surface area contributed by atoms with Gasteiger partial charge in [0, 0.05) is 94.5 Å². The van der Waals surface area contributed by atoms with Crippen LogP contribution in [0, 0.1) is 21.7 Å². The SMILES string of the molecule is CC(C)(C)C(=O)Nc1ccccc1C1=C2C=CC(=N2)C(c2ccccc2NC(=O)C(C)(C)C)=C2C=C(CO)C(=N2)C(c2ccccc2NC(=O)C(C)(C)C)=C2C=CC(=N2)C(c2ccccc2NC(=O)C(C)(C)C)=C2C=CC1=N2. The minimum atomic E-state index is -0.748. The van der Waals surface area contributed by atoms with E-state index in [9.17, 15) is 24.3 Å². The maximum absolute atomic E-state index is 13.9. The number of carbonyl (C=O) groups is 4. The van der Waals surface area contributed by atoms with Crippen molar-refractivity contribution in [3.8, 4) is 0 Å². The van der Waals surface area contributed by atoms with Crippen molar-refractivity contribution in [3.05, 3.63) is 190 Å². The molecule has 5 aliphatic rings. The second kappa shape index (κ2) is 20.7. The first-order valence-corrected chi connectivity index (χ1v) is 26.1. The predicted molar refractivity (Wildman–Crippen MR) is 318 cm³/mol. The first-order valence-electron chi connectivity index (χ1n) is 26.1. The minimum Gasteiger partial charge on any atom is -0.392 e. The number of carbonyl (C=O) groups excluding carboxylic acids is 4. The Bertz CT molecular complexity index is 3510. The summed E-state index contributed by atoms with van der Waals surface area (Å²) in [5.41, 5.74) is 8.34. The monoisotopic (exact) mass is 1040 g/mol. The molecule has 0 unspecified atom stereocenters. The van der Waals surface area contributed by atoms with E-state index in [1.54, 1.807) is 0 Å². The van der Waals surface area contributed by atoms with E-state index >= 15 is 0 Å². The van der Waals surface area contributed by atoms with Crippen molar-refractivity contribution in [2.24, 2.45) is 41.6 Å². The number of rotatable bonds is 9. The molecule has 0 radical (unpaired) electrons. The summed E-state index contributed by atoms with van der Waals surface area (Å²) in [5.74, 6) is -0.781. The Morgan fingerprint density at radius 1 is 0.372 bits per heavy atom. The van der Waals surface area contributed by atoms with Crippen molar-refractivity contribution >= 4 is 91.5 Å². The van der Waals surface area contributed by atoms with Crippen molar-refractivity contribution in [2.45, 2.75) is 83.1 Å². The van der Waals surface area contributed by atoms with Crippen LogP contribution in [0.25, 0.3) is 22.3 Å². The second-order valence-electron chi connectivity index (χ2n) is 23.8. The van der Waals surface area contributed by atoms with E-state index in [1.807, 2.05) is 223 Å². The fraction of sp³-hybridized carbons (Fsp3) is 0.262. The maximum Gasteiger partial charge on any atom is 0.229 e. The molecule has 9 rings (SSSR count). The average molecular weight is 1040 g/mol. The third-order valence-corrected chi connectivity index (χ3v) is 13.5. The van der Waals surface area contributed by atoms with Crippen LogP contribution in [0.4, 0.5) is 22.7 Å². The van der Waals surface area contributed by atoms with Gasteiger partial charge in [-0.2, -0.15) is 0 Å². The summed E-state index contributed by atoms with van der Waals surface area (Å²) in [7, 11) is 0. The summed E-state index contributed by atoms with van der Waals surface area (Å²) in [5, 5.41) is 24.3. The van der Waals surface area contributed by atoms with Gasteiger partial charge in [0.2, 0.25) is 23.6 Å². The zero-order valence-electron chi connectivity index (χ0n) is 46.4.